The predicted octanol–water partition coefficient (Wildman–Crippen LogP) is 5.24. The SMILES string of the molecule is C=C[C@H](c1ccc2c(cnn2CC)c1)[C@](C)(NC(=C)N(C)C)c1cccc(C#CC)c1. The van der Waals surface area contributed by atoms with E-state index in [0.717, 1.165) is 34.4 Å². The minimum atomic E-state index is -0.483. The minimum absolute atomic E-state index is 0.0107. The number of nitrogens with zero attached hydrogens (tertiary/aromatic N) is 3. The number of hydrogen-bond acceptors (Lipinski definition) is 3. The second-order valence-electron chi connectivity index (χ2n) is 8.12. The van der Waals surface area contributed by atoms with E-state index in [0.29, 0.717) is 0 Å². The maximum absolute atomic E-state index is 4.50. The Morgan fingerprint density at radius 2 is 2.06 bits per heavy atom. The number of aryl methyl sites for hydroxylation is 1. The highest BCUT2D eigenvalue weighted by Crippen LogP contribution is 2.39. The van der Waals surface area contributed by atoms with Crippen LogP contribution in [0.25, 0.3) is 10.9 Å². The van der Waals surface area contributed by atoms with E-state index in [4.69, 9.17) is 0 Å². The van der Waals surface area contributed by atoms with Gasteiger partial charge in [-0.2, -0.15) is 5.10 Å². The van der Waals surface area contributed by atoms with Crippen LogP contribution in [0.5, 0.6) is 0 Å². The van der Waals surface area contributed by atoms with Crippen LogP contribution in [0.3, 0.4) is 0 Å². The molecule has 2 atom stereocenters. The molecule has 1 N–H and O–H groups in total. The molecule has 0 spiro atoms. The zero-order valence-electron chi connectivity index (χ0n) is 19.2. The number of rotatable bonds is 8. The monoisotopic (exact) mass is 412 g/mol. The highest BCUT2D eigenvalue weighted by molar-refractivity contribution is 5.79. The van der Waals surface area contributed by atoms with Crippen LogP contribution in [0.2, 0.25) is 0 Å². The van der Waals surface area contributed by atoms with Crippen molar-refractivity contribution in [1.82, 2.24) is 20.0 Å². The van der Waals surface area contributed by atoms with Gasteiger partial charge in [0.05, 0.1) is 23.1 Å². The molecule has 0 saturated heterocycles. The molecular weight excluding hydrogens is 380 g/mol. The third-order valence-electron chi connectivity index (χ3n) is 5.86. The van der Waals surface area contributed by atoms with Crippen molar-refractivity contribution in [2.45, 2.75) is 38.8 Å². The lowest BCUT2D eigenvalue weighted by Crippen LogP contribution is -2.46. The molecule has 0 saturated carbocycles. The summed E-state index contributed by atoms with van der Waals surface area (Å²) >= 11 is 0. The van der Waals surface area contributed by atoms with Crippen molar-refractivity contribution in [2.24, 2.45) is 0 Å². The van der Waals surface area contributed by atoms with Gasteiger partial charge in [-0.15, -0.1) is 12.5 Å². The Labute approximate surface area is 186 Å². The molecule has 2 aromatic carbocycles. The Morgan fingerprint density at radius 3 is 2.71 bits per heavy atom. The molecule has 160 valence electrons. The van der Waals surface area contributed by atoms with Crippen LogP contribution in [-0.4, -0.2) is 28.8 Å². The number of nitrogens with one attached hydrogen (secondary N) is 1. The molecule has 0 aliphatic rings. The lowest BCUT2D eigenvalue weighted by Gasteiger charge is -2.41. The van der Waals surface area contributed by atoms with Gasteiger partial charge in [-0.25, -0.2) is 0 Å². The summed E-state index contributed by atoms with van der Waals surface area (Å²) in [7, 11) is 3.98. The van der Waals surface area contributed by atoms with Crippen LogP contribution >= 0.6 is 0 Å². The molecule has 0 aliphatic heterocycles. The van der Waals surface area contributed by atoms with Crippen LogP contribution in [0.4, 0.5) is 0 Å². The molecule has 0 unspecified atom stereocenters. The summed E-state index contributed by atoms with van der Waals surface area (Å²) in [5.74, 6) is 7.00. The quantitative estimate of drug-likeness (QED) is 0.406. The highest BCUT2D eigenvalue weighted by Gasteiger charge is 2.36. The van der Waals surface area contributed by atoms with Crippen molar-refractivity contribution in [3.63, 3.8) is 0 Å². The van der Waals surface area contributed by atoms with Gasteiger partial charge < -0.3 is 10.2 Å². The molecule has 0 fully saturated rings. The van der Waals surface area contributed by atoms with Gasteiger partial charge in [0.15, 0.2) is 0 Å². The number of hydrogen-bond donors (Lipinski definition) is 1. The molecule has 0 amide bonds. The van der Waals surface area contributed by atoms with Crippen molar-refractivity contribution in [3.05, 3.63) is 90.4 Å². The van der Waals surface area contributed by atoms with Crippen LogP contribution in [0, 0.1) is 11.8 Å². The van der Waals surface area contributed by atoms with Crippen LogP contribution < -0.4 is 5.32 Å². The summed E-state index contributed by atoms with van der Waals surface area (Å²) in [4.78, 5) is 1.99. The van der Waals surface area contributed by atoms with E-state index in [2.05, 4.69) is 85.7 Å². The fraction of sp³-hybridized carbons (Fsp3) is 0.296. The Morgan fingerprint density at radius 1 is 1.29 bits per heavy atom. The van der Waals surface area contributed by atoms with Crippen LogP contribution in [-0.2, 0) is 12.1 Å². The summed E-state index contributed by atoms with van der Waals surface area (Å²) in [5, 5.41) is 9.32. The molecule has 3 aromatic rings. The molecule has 4 heteroatoms. The maximum atomic E-state index is 4.50. The molecule has 0 aliphatic carbocycles. The third-order valence-corrected chi connectivity index (χ3v) is 5.86. The Bertz CT molecular complexity index is 1160. The normalized spacial score (nSPS) is 13.6. The minimum Gasteiger partial charge on any atom is -0.365 e. The number of benzene rings is 2. The van der Waals surface area contributed by atoms with E-state index in [-0.39, 0.29) is 5.92 Å². The van der Waals surface area contributed by atoms with Crippen molar-refractivity contribution in [3.8, 4) is 11.8 Å². The molecular formula is C27H32N4. The molecule has 1 heterocycles. The van der Waals surface area contributed by atoms with Gasteiger partial charge in [0.25, 0.3) is 0 Å². The molecule has 1 aromatic heterocycles. The van der Waals surface area contributed by atoms with Crippen LogP contribution in [0.15, 0.2) is 73.7 Å². The first-order valence-corrected chi connectivity index (χ1v) is 10.6. The Hall–Kier alpha value is -3.45. The lowest BCUT2D eigenvalue weighted by molar-refractivity contribution is 0.314. The van der Waals surface area contributed by atoms with Crippen molar-refractivity contribution < 1.29 is 0 Å². The molecule has 31 heavy (non-hydrogen) atoms. The van der Waals surface area contributed by atoms with E-state index in [1.165, 1.54) is 5.56 Å². The van der Waals surface area contributed by atoms with Gasteiger partial charge >= 0.3 is 0 Å². The second-order valence-corrected chi connectivity index (χ2v) is 8.12. The number of fused-ring (bicyclic) bond motifs is 1. The van der Waals surface area contributed by atoms with E-state index in [9.17, 15) is 0 Å². The van der Waals surface area contributed by atoms with Gasteiger partial charge in [0.1, 0.15) is 0 Å². The summed E-state index contributed by atoms with van der Waals surface area (Å²) in [5.41, 5.74) is 3.95. The average molecular weight is 413 g/mol. The zero-order valence-corrected chi connectivity index (χ0v) is 19.2. The van der Waals surface area contributed by atoms with Gasteiger partial charge in [-0.05, 0) is 56.2 Å². The lowest BCUT2D eigenvalue weighted by atomic mass is 9.75. The van der Waals surface area contributed by atoms with E-state index in [1.807, 2.05) is 48.9 Å². The van der Waals surface area contributed by atoms with E-state index >= 15 is 0 Å². The second kappa shape index (κ2) is 9.14. The first-order chi connectivity index (χ1) is 14.8. The molecule has 0 bridgehead atoms. The van der Waals surface area contributed by atoms with Gasteiger partial charge in [0.2, 0.25) is 0 Å². The molecule has 4 nitrogen and oxygen atoms in total. The topological polar surface area (TPSA) is 33.1 Å². The molecule has 0 radical (unpaired) electrons. The smallest absolute Gasteiger partial charge is 0.0940 e. The average Bonchev–Trinajstić information content (AvgIpc) is 3.17. The Kier molecular flexibility index (Phi) is 6.56. The summed E-state index contributed by atoms with van der Waals surface area (Å²) in [6, 6.07) is 14.9. The highest BCUT2D eigenvalue weighted by atomic mass is 15.3. The standard InChI is InChI=1S/C27H32N4/c1-8-12-21-13-11-14-24(17-21)27(5,29-20(4)30(6)7)25(9-2)22-15-16-26-23(18-22)19-28-31(26)10-3/h9,11,13-19,25,29H,2,4,10H2,1,3,5-7H3/t25-,27-/m1/s1. The van der Waals surface area contributed by atoms with Crippen molar-refractivity contribution in [1.29, 1.82) is 0 Å². The maximum Gasteiger partial charge on any atom is 0.0940 e. The predicted molar refractivity (Wildman–Crippen MR) is 131 cm³/mol. The van der Waals surface area contributed by atoms with Crippen LogP contribution in [0.1, 0.15) is 43.4 Å². The summed E-state index contributed by atoms with van der Waals surface area (Å²) < 4.78 is 2.01. The van der Waals surface area contributed by atoms with E-state index in [1.54, 1.807) is 0 Å². The van der Waals surface area contributed by atoms with Gasteiger partial charge in [-0.3, -0.25) is 4.68 Å². The zero-order chi connectivity index (χ0) is 22.6. The van der Waals surface area contributed by atoms with Gasteiger partial charge in [-0.1, -0.05) is 36.8 Å². The Balaban J connectivity index is 2.16. The van der Waals surface area contributed by atoms with Crippen molar-refractivity contribution >= 4 is 10.9 Å². The third kappa shape index (κ3) is 4.36. The fourth-order valence-electron chi connectivity index (χ4n) is 4.06. The molecule has 3 rings (SSSR count). The largest absolute Gasteiger partial charge is 0.365 e. The van der Waals surface area contributed by atoms with Crippen molar-refractivity contribution in [2.75, 3.05) is 14.1 Å². The summed E-state index contributed by atoms with van der Waals surface area (Å²) in [6.45, 7) is 15.5. The fourth-order valence-corrected chi connectivity index (χ4v) is 4.06. The van der Waals surface area contributed by atoms with Gasteiger partial charge in [0, 0.05) is 37.5 Å². The van der Waals surface area contributed by atoms with E-state index < -0.39 is 5.54 Å². The first-order valence-electron chi connectivity index (χ1n) is 10.6. The number of aromatic nitrogens is 2. The summed E-state index contributed by atoms with van der Waals surface area (Å²) in [6.07, 6.45) is 3.95. The first kappa shape index (κ1) is 22.2.